The average Bonchev–Trinajstić information content (AvgIpc) is 2.85. The number of methoxy groups -OCH3 is 1. The summed E-state index contributed by atoms with van der Waals surface area (Å²) in [5.74, 6) is 1.93. The van der Waals surface area contributed by atoms with Gasteiger partial charge in [0.25, 0.3) is 0 Å². The summed E-state index contributed by atoms with van der Waals surface area (Å²) in [6, 6.07) is 12.7. The molecule has 0 fully saturated rings. The van der Waals surface area contributed by atoms with Crippen LogP contribution in [0, 0.1) is 6.92 Å². The van der Waals surface area contributed by atoms with E-state index in [9.17, 15) is 0 Å². The Balaban J connectivity index is 1.87. The van der Waals surface area contributed by atoms with Crippen LogP contribution >= 0.6 is 0 Å². The minimum Gasteiger partial charge on any atom is -0.465 e. The van der Waals surface area contributed by atoms with Crippen molar-refractivity contribution >= 4 is 0 Å². The molecule has 19 heavy (non-hydrogen) atoms. The lowest BCUT2D eigenvalue weighted by molar-refractivity contribution is 0.185. The lowest BCUT2D eigenvalue weighted by Crippen LogP contribution is -2.17. The number of hydrogen-bond acceptors (Lipinski definition) is 3. The largest absolute Gasteiger partial charge is 0.465 e. The van der Waals surface area contributed by atoms with Crippen molar-refractivity contribution in [3.63, 3.8) is 0 Å². The maximum Gasteiger partial charge on any atom is 0.120 e. The second kappa shape index (κ2) is 6.55. The van der Waals surface area contributed by atoms with Gasteiger partial charge in [0.2, 0.25) is 0 Å². The monoisotopic (exact) mass is 259 g/mol. The molecular weight excluding hydrogens is 238 g/mol. The number of hydrogen-bond donors (Lipinski definition) is 1. The first-order valence-electron chi connectivity index (χ1n) is 6.55. The Kier molecular flexibility index (Phi) is 4.77. The molecule has 0 bridgehead atoms. The highest BCUT2D eigenvalue weighted by Gasteiger charge is 2.08. The molecule has 0 aliphatic rings. The molecule has 0 saturated heterocycles. The fourth-order valence-electron chi connectivity index (χ4n) is 1.98. The van der Waals surface area contributed by atoms with Crippen LogP contribution in [0.1, 0.15) is 35.6 Å². The number of rotatable bonds is 6. The van der Waals surface area contributed by atoms with Gasteiger partial charge in [0.15, 0.2) is 0 Å². The molecule has 1 unspecified atom stereocenters. The van der Waals surface area contributed by atoms with Crippen LogP contribution in [0.5, 0.6) is 0 Å². The van der Waals surface area contributed by atoms with Crippen LogP contribution in [0.4, 0.5) is 0 Å². The SMILES string of the molecule is COCc1ccc(CNC(C)c2ccc(C)o2)cc1. The molecule has 1 atom stereocenters. The Morgan fingerprint density at radius 2 is 1.79 bits per heavy atom. The van der Waals surface area contributed by atoms with E-state index in [2.05, 4.69) is 36.5 Å². The first-order chi connectivity index (χ1) is 9.19. The Morgan fingerprint density at radius 1 is 1.11 bits per heavy atom. The molecule has 1 aromatic heterocycles. The molecule has 0 aliphatic heterocycles. The van der Waals surface area contributed by atoms with Crippen molar-refractivity contribution < 1.29 is 9.15 Å². The van der Waals surface area contributed by atoms with E-state index >= 15 is 0 Å². The highest BCUT2D eigenvalue weighted by molar-refractivity contribution is 5.22. The molecular formula is C16H21NO2. The summed E-state index contributed by atoms with van der Waals surface area (Å²) in [5, 5.41) is 3.45. The van der Waals surface area contributed by atoms with Crippen molar-refractivity contribution in [1.82, 2.24) is 5.32 Å². The van der Waals surface area contributed by atoms with Gasteiger partial charge in [0.1, 0.15) is 11.5 Å². The highest BCUT2D eigenvalue weighted by atomic mass is 16.5. The smallest absolute Gasteiger partial charge is 0.120 e. The molecule has 1 aromatic carbocycles. The molecule has 1 heterocycles. The Bertz CT molecular complexity index is 502. The summed E-state index contributed by atoms with van der Waals surface area (Å²) >= 11 is 0. The molecule has 0 radical (unpaired) electrons. The maximum atomic E-state index is 5.61. The van der Waals surface area contributed by atoms with E-state index in [1.807, 2.05) is 19.1 Å². The van der Waals surface area contributed by atoms with Gasteiger partial charge in [-0.25, -0.2) is 0 Å². The van der Waals surface area contributed by atoms with Crippen molar-refractivity contribution in [2.75, 3.05) is 7.11 Å². The van der Waals surface area contributed by atoms with Crippen molar-refractivity contribution in [2.45, 2.75) is 33.0 Å². The predicted octanol–water partition coefficient (Wildman–Crippen LogP) is 3.59. The Labute approximate surface area is 114 Å². The van der Waals surface area contributed by atoms with Crippen LogP contribution in [0.15, 0.2) is 40.8 Å². The van der Waals surface area contributed by atoms with Gasteiger partial charge in [-0.15, -0.1) is 0 Å². The molecule has 0 spiro atoms. The molecule has 3 heteroatoms. The van der Waals surface area contributed by atoms with Crippen LogP contribution < -0.4 is 5.32 Å². The van der Waals surface area contributed by atoms with Gasteiger partial charge in [0, 0.05) is 13.7 Å². The summed E-state index contributed by atoms with van der Waals surface area (Å²) in [4.78, 5) is 0. The number of aryl methyl sites for hydroxylation is 1. The van der Waals surface area contributed by atoms with Crippen LogP contribution in [0.3, 0.4) is 0 Å². The summed E-state index contributed by atoms with van der Waals surface area (Å²) < 4.78 is 10.7. The van der Waals surface area contributed by atoms with Gasteiger partial charge < -0.3 is 14.5 Å². The van der Waals surface area contributed by atoms with E-state index in [0.717, 1.165) is 18.1 Å². The van der Waals surface area contributed by atoms with E-state index in [-0.39, 0.29) is 6.04 Å². The molecule has 102 valence electrons. The van der Waals surface area contributed by atoms with Crippen LogP contribution in [0.2, 0.25) is 0 Å². The summed E-state index contributed by atoms with van der Waals surface area (Å²) in [5.41, 5.74) is 2.45. The lowest BCUT2D eigenvalue weighted by Gasteiger charge is -2.11. The molecule has 2 aromatic rings. The van der Waals surface area contributed by atoms with Gasteiger partial charge in [-0.1, -0.05) is 24.3 Å². The first kappa shape index (κ1) is 13.8. The van der Waals surface area contributed by atoms with Gasteiger partial charge in [0.05, 0.1) is 12.6 Å². The standard InChI is InChI=1S/C16H21NO2/c1-12-4-9-16(19-12)13(2)17-10-14-5-7-15(8-6-14)11-18-3/h4-9,13,17H,10-11H2,1-3H3. The zero-order chi connectivity index (χ0) is 13.7. The fourth-order valence-corrected chi connectivity index (χ4v) is 1.98. The van der Waals surface area contributed by atoms with Gasteiger partial charge in [-0.05, 0) is 37.1 Å². The minimum absolute atomic E-state index is 0.215. The number of furan rings is 1. The molecule has 1 N–H and O–H groups in total. The van der Waals surface area contributed by atoms with E-state index in [0.29, 0.717) is 6.61 Å². The van der Waals surface area contributed by atoms with Crippen LogP contribution in [-0.2, 0) is 17.9 Å². The second-order valence-electron chi connectivity index (χ2n) is 4.80. The summed E-state index contributed by atoms with van der Waals surface area (Å²) in [7, 11) is 1.71. The van der Waals surface area contributed by atoms with Gasteiger partial charge >= 0.3 is 0 Å². The Morgan fingerprint density at radius 3 is 2.37 bits per heavy atom. The fraction of sp³-hybridized carbons (Fsp3) is 0.375. The predicted molar refractivity (Wildman–Crippen MR) is 75.9 cm³/mol. The number of nitrogens with one attached hydrogen (secondary N) is 1. The first-order valence-corrected chi connectivity index (χ1v) is 6.55. The normalized spacial score (nSPS) is 12.6. The van der Waals surface area contributed by atoms with Crippen molar-refractivity contribution in [3.05, 3.63) is 59.0 Å². The number of ether oxygens (including phenoxy) is 1. The van der Waals surface area contributed by atoms with Gasteiger partial charge in [-0.2, -0.15) is 0 Å². The molecule has 0 aliphatic carbocycles. The third-order valence-corrected chi connectivity index (χ3v) is 3.13. The van der Waals surface area contributed by atoms with Crippen molar-refractivity contribution in [1.29, 1.82) is 0 Å². The second-order valence-corrected chi connectivity index (χ2v) is 4.80. The Hall–Kier alpha value is -1.58. The molecule has 3 nitrogen and oxygen atoms in total. The van der Waals surface area contributed by atoms with Crippen LogP contribution in [-0.4, -0.2) is 7.11 Å². The zero-order valence-electron chi connectivity index (χ0n) is 11.8. The summed E-state index contributed by atoms with van der Waals surface area (Å²) in [6.45, 7) is 5.56. The summed E-state index contributed by atoms with van der Waals surface area (Å²) in [6.07, 6.45) is 0. The lowest BCUT2D eigenvalue weighted by atomic mass is 10.1. The molecule has 2 rings (SSSR count). The van der Waals surface area contributed by atoms with E-state index < -0.39 is 0 Å². The highest BCUT2D eigenvalue weighted by Crippen LogP contribution is 2.16. The quantitative estimate of drug-likeness (QED) is 0.861. The number of benzene rings is 1. The van der Waals surface area contributed by atoms with E-state index in [4.69, 9.17) is 9.15 Å². The van der Waals surface area contributed by atoms with Crippen molar-refractivity contribution in [3.8, 4) is 0 Å². The molecule has 0 amide bonds. The topological polar surface area (TPSA) is 34.4 Å². The molecule has 0 saturated carbocycles. The van der Waals surface area contributed by atoms with Crippen molar-refractivity contribution in [2.24, 2.45) is 0 Å². The van der Waals surface area contributed by atoms with E-state index in [1.54, 1.807) is 7.11 Å². The average molecular weight is 259 g/mol. The van der Waals surface area contributed by atoms with E-state index in [1.165, 1.54) is 11.1 Å². The zero-order valence-corrected chi connectivity index (χ0v) is 11.8. The van der Waals surface area contributed by atoms with Crippen LogP contribution in [0.25, 0.3) is 0 Å². The maximum absolute atomic E-state index is 5.61. The third kappa shape index (κ3) is 3.94. The minimum atomic E-state index is 0.215. The third-order valence-electron chi connectivity index (χ3n) is 3.13. The van der Waals surface area contributed by atoms with Gasteiger partial charge in [-0.3, -0.25) is 0 Å².